The van der Waals surface area contributed by atoms with E-state index in [9.17, 15) is 13.2 Å². The first-order valence-corrected chi connectivity index (χ1v) is 11.0. The molecule has 28 heavy (non-hydrogen) atoms. The predicted molar refractivity (Wildman–Crippen MR) is 108 cm³/mol. The summed E-state index contributed by atoms with van der Waals surface area (Å²) in [4.78, 5) is 12.3. The summed E-state index contributed by atoms with van der Waals surface area (Å²) in [5.74, 6) is 0.497. The van der Waals surface area contributed by atoms with Gasteiger partial charge in [-0.2, -0.15) is 4.31 Å². The third-order valence-electron chi connectivity index (χ3n) is 4.83. The van der Waals surface area contributed by atoms with E-state index in [2.05, 4.69) is 5.32 Å². The van der Waals surface area contributed by atoms with E-state index in [1.807, 2.05) is 31.2 Å². The van der Waals surface area contributed by atoms with Crippen molar-refractivity contribution in [2.75, 3.05) is 19.7 Å². The fourth-order valence-electron chi connectivity index (χ4n) is 3.19. The zero-order valence-corrected chi connectivity index (χ0v) is 16.9. The summed E-state index contributed by atoms with van der Waals surface area (Å²) in [6, 6.07) is 14.3. The third-order valence-corrected chi connectivity index (χ3v) is 6.74. The van der Waals surface area contributed by atoms with Crippen LogP contribution in [0, 0.1) is 0 Å². The smallest absolute Gasteiger partial charge is 0.258 e. The summed E-state index contributed by atoms with van der Waals surface area (Å²) >= 11 is 0. The zero-order valence-electron chi connectivity index (χ0n) is 16.1. The van der Waals surface area contributed by atoms with Crippen LogP contribution in [0.1, 0.15) is 30.9 Å². The van der Waals surface area contributed by atoms with Crippen LogP contribution < -0.4 is 10.1 Å². The molecule has 0 aliphatic carbocycles. The number of carbonyl (C=O) groups is 1. The number of nitrogens with zero attached hydrogens (tertiary/aromatic N) is 1. The minimum absolute atomic E-state index is 0.0571. The highest BCUT2D eigenvalue weighted by Gasteiger charge is 2.26. The summed E-state index contributed by atoms with van der Waals surface area (Å²) in [7, 11) is -3.41. The van der Waals surface area contributed by atoms with Crippen molar-refractivity contribution in [3.63, 3.8) is 0 Å². The van der Waals surface area contributed by atoms with E-state index in [0.717, 1.165) is 36.1 Å². The first-order valence-electron chi connectivity index (χ1n) is 9.57. The van der Waals surface area contributed by atoms with Crippen molar-refractivity contribution in [3.8, 4) is 5.75 Å². The SMILES string of the molecule is CCc1ccccc1OCC(=O)NCc1ccc(S(=O)(=O)N2CCCC2)cc1. The van der Waals surface area contributed by atoms with Gasteiger partial charge >= 0.3 is 0 Å². The second-order valence-electron chi connectivity index (χ2n) is 6.78. The quantitative estimate of drug-likeness (QED) is 0.737. The number of para-hydroxylation sites is 1. The van der Waals surface area contributed by atoms with Crippen LogP contribution in [0.2, 0.25) is 0 Å². The average Bonchev–Trinajstić information content (AvgIpc) is 3.27. The van der Waals surface area contributed by atoms with Gasteiger partial charge in [-0.25, -0.2) is 8.42 Å². The number of rotatable bonds is 8. The van der Waals surface area contributed by atoms with E-state index < -0.39 is 10.0 Å². The molecule has 7 heteroatoms. The molecule has 1 N–H and O–H groups in total. The van der Waals surface area contributed by atoms with Gasteiger partial charge in [0, 0.05) is 19.6 Å². The topological polar surface area (TPSA) is 75.7 Å². The fraction of sp³-hybridized carbons (Fsp3) is 0.381. The maximum Gasteiger partial charge on any atom is 0.258 e. The molecule has 0 aromatic heterocycles. The molecule has 2 aromatic carbocycles. The van der Waals surface area contributed by atoms with Gasteiger partial charge in [-0.15, -0.1) is 0 Å². The Kier molecular flexibility index (Phi) is 6.70. The van der Waals surface area contributed by atoms with Crippen molar-refractivity contribution < 1.29 is 17.9 Å². The Labute approximate surface area is 166 Å². The first kappa shape index (κ1) is 20.4. The molecule has 1 aliphatic rings. The molecule has 0 unspecified atom stereocenters. The molecular formula is C21H26N2O4S. The number of sulfonamides is 1. The van der Waals surface area contributed by atoms with E-state index in [1.54, 1.807) is 24.3 Å². The summed E-state index contributed by atoms with van der Waals surface area (Å²) < 4.78 is 32.2. The highest BCUT2D eigenvalue weighted by molar-refractivity contribution is 7.89. The van der Waals surface area contributed by atoms with Gasteiger partial charge in [-0.3, -0.25) is 4.79 Å². The minimum atomic E-state index is -3.41. The molecule has 0 saturated carbocycles. The Balaban J connectivity index is 1.51. The predicted octanol–water partition coefficient (Wildman–Crippen LogP) is 2.73. The Morgan fingerprint density at radius 2 is 1.75 bits per heavy atom. The molecule has 150 valence electrons. The number of hydrogen-bond donors (Lipinski definition) is 1. The van der Waals surface area contributed by atoms with Crippen molar-refractivity contribution in [2.24, 2.45) is 0 Å². The molecule has 1 saturated heterocycles. The summed E-state index contributed by atoms with van der Waals surface area (Å²) in [6.07, 6.45) is 2.66. The van der Waals surface area contributed by atoms with Gasteiger partial charge in [0.25, 0.3) is 5.91 Å². The molecule has 1 fully saturated rings. The Morgan fingerprint density at radius 1 is 1.07 bits per heavy atom. The van der Waals surface area contributed by atoms with Gasteiger partial charge < -0.3 is 10.1 Å². The number of benzene rings is 2. The monoisotopic (exact) mass is 402 g/mol. The second-order valence-corrected chi connectivity index (χ2v) is 8.72. The lowest BCUT2D eigenvalue weighted by Crippen LogP contribution is -2.29. The molecule has 0 atom stereocenters. The maximum atomic E-state index is 12.5. The summed E-state index contributed by atoms with van der Waals surface area (Å²) in [6.45, 7) is 3.47. The van der Waals surface area contributed by atoms with Gasteiger partial charge in [-0.1, -0.05) is 37.3 Å². The fourth-order valence-corrected chi connectivity index (χ4v) is 4.71. The van der Waals surface area contributed by atoms with Crippen LogP contribution in [-0.2, 0) is 27.8 Å². The van der Waals surface area contributed by atoms with Crippen LogP contribution in [0.4, 0.5) is 0 Å². The minimum Gasteiger partial charge on any atom is -0.483 e. The summed E-state index contributed by atoms with van der Waals surface area (Å²) in [5.41, 5.74) is 1.90. The summed E-state index contributed by atoms with van der Waals surface area (Å²) in [5, 5.41) is 2.80. The third kappa shape index (κ3) is 4.91. The van der Waals surface area contributed by atoms with Gasteiger partial charge in [0.1, 0.15) is 5.75 Å². The van der Waals surface area contributed by atoms with Crippen LogP contribution in [0.25, 0.3) is 0 Å². The molecule has 0 radical (unpaired) electrons. The largest absolute Gasteiger partial charge is 0.483 e. The van der Waals surface area contributed by atoms with Crippen LogP contribution in [0.5, 0.6) is 5.75 Å². The van der Waals surface area contributed by atoms with Crippen molar-refractivity contribution in [1.82, 2.24) is 9.62 Å². The number of nitrogens with one attached hydrogen (secondary N) is 1. The van der Waals surface area contributed by atoms with E-state index in [4.69, 9.17) is 4.74 Å². The molecule has 1 aliphatic heterocycles. The standard InChI is InChI=1S/C21H26N2O4S/c1-2-18-7-3-4-8-20(18)27-16-21(24)22-15-17-9-11-19(12-10-17)28(25,26)23-13-5-6-14-23/h3-4,7-12H,2,5-6,13-16H2,1H3,(H,22,24). The first-order chi connectivity index (χ1) is 13.5. The van der Waals surface area contributed by atoms with Crippen molar-refractivity contribution in [2.45, 2.75) is 37.6 Å². The Morgan fingerprint density at radius 3 is 2.43 bits per heavy atom. The van der Waals surface area contributed by atoms with Crippen molar-refractivity contribution >= 4 is 15.9 Å². The van der Waals surface area contributed by atoms with Crippen molar-refractivity contribution in [1.29, 1.82) is 0 Å². The van der Waals surface area contributed by atoms with Gasteiger partial charge in [-0.05, 0) is 48.6 Å². The van der Waals surface area contributed by atoms with Crippen LogP contribution in [0.3, 0.4) is 0 Å². The Bertz CT molecular complexity index is 904. The molecule has 3 rings (SSSR count). The van der Waals surface area contributed by atoms with Crippen LogP contribution >= 0.6 is 0 Å². The normalized spacial score (nSPS) is 14.8. The number of amides is 1. The lowest BCUT2D eigenvalue weighted by Gasteiger charge is -2.15. The molecule has 1 heterocycles. The second kappa shape index (κ2) is 9.21. The molecule has 2 aromatic rings. The highest BCUT2D eigenvalue weighted by Crippen LogP contribution is 2.21. The molecule has 0 bridgehead atoms. The van der Waals surface area contributed by atoms with Gasteiger partial charge in [0.05, 0.1) is 4.90 Å². The number of carbonyl (C=O) groups excluding carboxylic acids is 1. The van der Waals surface area contributed by atoms with Crippen LogP contribution in [0.15, 0.2) is 53.4 Å². The van der Waals surface area contributed by atoms with Gasteiger partial charge in [0.2, 0.25) is 10.0 Å². The lowest BCUT2D eigenvalue weighted by atomic mass is 10.1. The van der Waals surface area contributed by atoms with E-state index in [0.29, 0.717) is 24.5 Å². The molecule has 1 amide bonds. The van der Waals surface area contributed by atoms with Crippen LogP contribution in [-0.4, -0.2) is 38.3 Å². The molecule has 6 nitrogen and oxygen atoms in total. The number of ether oxygens (including phenoxy) is 1. The Hall–Kier alpha value is -2.38. The van der Waals surface area contributed by atoms with Crippen molar-refractivity contribution in [3.05, 3.63) is 59.7 Å². The highest BCUT2D eigenvalue weighted by atomic mass is 32.2. The van der Waals surface area contributed by atoms with E-state index in [-0.39, 0.29) is 12.5 Å². The molecular weight excluding hydrogens is 376 g/mol. The average molecular weight is 403 g/mol. The van der Waals surface area contributed by atoms with E-state index in [1.165, 1.54) is 4.31 Å². The van der Waals surface area contributed by atoms with Gasteiger partial charge in [0.15, 0.2) is 6.61 Å². The zero-order chi connectivity index (χ0) is 20.0. The lowest BCUT2D eigenvalue weighted by molar-refractivity contribution is -0.123. The maximum absolute atomic E-state index is 12.5. The molecule has 0 spiro atoms. The number of hydrogen-bond acceptors (Lipinski definition) is 4. The number of aryl methyl sites for hydroxylation is 1. The van der Waals surface area contributed by atoms with E-state index >= 15 is 0 Å².